The van der Waals surface area contributed by atoms with Crippen LogP contribution < -0.4 is 0 Å². The molecule has 16 heavy (non-hydrogen) atoms. The molecule has 1 unspecified atom stereocenters. The molecule has 0 aliphatic rings. The van der Waals surface area contributed by atoms with E-state index in [0.29, 0.717) is 18.8 Å². The van der Waals surface area contributed by atoms with E-state index >= 15 is 0 Å². The first-order chi connectivity index (χ1) is 7.68. The van der Waals surface area contributed by atoms with Crippen molar-refractivity contribution < 1.29 is 22.8 Å². The highest BCUT2D eigenvalue weighted by atomic mass is 31.2. The molecule has 1 atom stereocenters. The summed E-state index contributed by atoms with van der Waals surface area (Å²) in [5.74, 6) is -0.744. The van der Waals surface area contributed by atoms with E-state index in [9.17, 15) is 4.57 Å². The van der Waals surface area contributed by atoms with E-state index in [0.717, 1.165) is 0 Å². The van der Waals surface area contributed by atoms with Crippen molar-refractivity contribution in [2.45, 2.75) is 19.7 Å². The van der Waals surface area contributed by atoms with Gasteiger partial charge in [0.1, 0.15) is 0 Å². The normalized spacial score (nSPS) is 13.9. The molecule has 0 aliphatic carbocycles. The molecule has 1 aromatic heterocycles. The zero-order chi connectivity index (χ0) is 12.0. The van der Waals surface area contributed by atoms with Crippen molar-refractivity contribution in [3.8, 4) is 0 Å². The van der Waals surface area contributed by atoms with Crippen LogP contribution in [0.1, 0.15) is 25.3 Å². The third kappa shape index (κ3) is 2.95. The Morgan fingerprint density at radius 2 is 2.00 bits per heavy atom. The number of ether oxygens (including phenoxy) is 1. The molecule has 0 saturated heterocycles. The van der Waals surface area contributed by atoms with E-state index in [4.69, 9.17) is 18.2 Å². The number of rotatable bonds is 7. The van der Waals surface area contributed by atoms with Crippen molar-refractivity contribution in [1.82, 2.24) is 0 Å². The summed E-state index contributed by atoms with van der Waals surface area (Å²) < 4.78 is 33.0. The summed E-state index contributed by atoms with van der Waals surface area (Å²) in [5.41, 5.74) is 0.646. The number of hydrogen-bond acceptors (Lipinski definition) is 5. The molecule has 1 heterocycles. The summed E-state index contributed by atoms with van der Waals surface area (Å²) in [6, 6.07) is 1.68. The van der Waals surface area contributed by atoms with E-state index in [1.165, 1.54) is 19.6 Å². The van der Waals surface area contributed by atoms with Crippen LogP contribution in [0.3, 0.4) is 0 Å². The average molecular weight is 248 g/mol. The standard InChI is InChI=1S/C10H17O5P/c1-4-14-16(11,15-5-2)10(12-3)9-6-7-13-8-9/h6-8,10H,4-5H2,1-3H3. The van der Waals surface area contributed by atoms with Crippen LogP contribution in [0.25, 0.3) is 0 Å². The van der Waals surface area contributed by atoms with Crippen molar-refractivity contribution in [3.63, 3.8) is 0 Å². The minimum Gasteiger partial charge on any atom is -0.472 e. The maximum absolute atomic E-state index is 12.4. The quantitative estimate of drug-likeness (QED) is 0.693. The molecule has 0 aromatic carbocycles. The molecule has 0 spiro atoms. The maximum Gasteiger partial charge on any atom is 0.363 e. The number of methoxy groups -OCH3 is 1. The molecule has 6 heteroatoms. The molecule has 1 aromatic rings. The van der Waals surface area contributed by atoms with Gasteiger partial charge in [0.15, 0.2) is 5.85 Å². The Bertz CT molecular complexity index is 325. The Labute approximate surface area is 95.2 Å². The van der Waals surface area contributed by atoms with Crippen LogP contribution in [-0.2, 0) is 18.3 Å². The van der Waals surface area contributed by atoms with Crippen molar-refractivity contribution in [3.05, 3.63) is 24.2 Å². The van der Waals surface area contributed by atoms with Crippen LogP contribution in [-0.4, -0.2) is 20.3 Å². The molecule has 0 fully saturated rings. The predicted molar refractivity (Wildman–Crippen MR) is 59.3 cm³/mol. The number of hydrogen-bond donors (Lipinski definition) is 0. The van der Waals surface area contributed by atoms with Crippen molar-refractivity contribution >= 4 is 7.60 Å². The Hall–Kier alpha value is -0.610. The molecule has 0 N–H and O–H groups in total. The molecule has 0 radical (unpaired) electrons. The zero-order valence-electron chi connectivity index (χ0n) is 9.71. The van der Waals surface area contributed by atoms with Gasteiger partial charge in [0.2, 0.25) is 0 Å². The summed E-state index contributed by atoms with van der Waals surface area (Å²) in [6.07, 6.45) is 2.96. The molecule has 1 rings (SSSR count). The predicted octanol–water partition coefficient (Wildman–Crippen LogP) is 3.19. The molecule has 0 aliphatic heterocycles. The lowest BCUT2D eigenvalue weighted by atomic mass is 10.4. The third-order valence-electron chi connectivity index (χ3n) is 1.96. The fourth-order valence-corrected chi connectivity index (χ4v) is 3.23. The van der Waals surface area contributed by atoms with Crippen molar-refractivity contribution in [1.29, 1.82) is 0 Å². The van der Waals surface area contributed by atoms with Gasteiger partial charge < -0.3 is 18.2 Å². The van der Waals surface area contributed by atoms with Gasteiger partial charge in [0.25, 0.3) is 0 Å². The Balaban J connectivity index is 2.94. The highest BCUT2D eigenvalue weighted by Crippen LogP contribution is 2.61. The smallest absolute Gasteiger partial charge is 0.363 e. The van der Waals surface area contributed by atoms with Crippen LogP contribution >= 0.6 is 7.60 Å². The Morgan fingerprint density at radius 3 is 2.38 bits per heavy atom. The van der Waals surface area contributed by atoms with E-state index < -0.39 is 13.4 Å². The average Bonchev–Trinajstić information content (AvgIpc) is 2.72. The van der Waals surface area contributed by atoms with Crippen molar-refractivity contribution in [2.24, 2.45) is 0 Å². The fraction of sp³-hybridized carbons (Fsp3) is 0.600. The molecule has 0 amide bonds. The van der Waals surface area contributed by atoms with Gasteiger partial charge in [0.05, 0.1) is 25.7 Å². The van der Waals surface area contributed by atoms with E-state index in [-0.39, 0.29) is 0 Å². The van der Waals surface area contributed by atoms with E-state index in [1.54, 1.807) is 19.9 Å². The second-order valence-corrected chi connectivity index (χ2v) is 5.09. The van der Waals surface area contributed by atoms with Crippen LogP contribution in [0.5, 0.6) is 0 Å². The summed E-state index contributed by atoms with van der Waals surface area (Å²) in [7, 11) is -1.84. The largest absolute Gasteiger partial charge is 0.472 e. The Morgan fingerprint density at radius 1 is 1.38 bits per heavy atom. The van der Waals surface area contributed by atoms with Gasteiger partial charge in [-0.25, -0.2) is 0 Å². The summed E-state index contributed by atoms with van der Waals surface area (Å²) in [5, 5.41) is 0. The fourth-order valence-electron chi connectivity index (χ4n) is 1.40. The Kier molecular flexibility index (Phi) is 5.22. The van der Waals surface area contributed by atoms with Gasteiger partial charge in [-0.3, -0.25) is 4.57 Å². The third-order valence-corrected chi connectivity index (χ3v) is 4.28. The topological polar surface area (TPSA) is 57.9 Å². The second-order valence-electron chi connectivity index (χ2n) is 3.02. The van der Waals surface area contributed by atoms with E-state index in [1.807, 2.05) is 0 Å². The van der Waals surface area contributed by atoms with Crippen molar-refractivity contribution in [2.75, 3.05) is 20.3 Å². The van der Waals surface area contributed by atoms with Gasteiger partial charge in [-0.2, -0.15) is 0 Å². The minimum atomic E-state index is -3.30. The van der Waals surface area contributed by atoms with Gasteiger partial charge in [-0.05, 0) is 19.9 Å². The second kappa shape index (κ2) is 6.21. The molecule has 0 bridgehead atoms. The zero-order valence-corrected chi connectivity index (χ0v) is 10.6. The molecular formula is C10H17O5P. The first-order valence-corrected chi connectivity index (χ1v) is 6.72. The maximum atomic E-state index is 12.4. The van der Waals surface area contributed by atoms with Crippen LogP contribution in [0.4, 0.5) is 0 Å². The molecule has 5 nitrogen and oxygen atoms in total. The first kappa shape index (κ1) is 13.5. The molecule has 0 saturated carbocycles. The lowest BCUT2D eigenvalue weighted by Crippen LogP contribution is -2.07. The number of furan rings is 1. The van der Waals surface area contributed by atoms with E-state index in [2.05, 4.69) is 0 Å². The highest BCUT2D eigenvalue weighted by molar-refractivity contribution is 7.54. The minimum absolute atomic E-state index is 0.301. The van der Waals surface area contributed by atoms with Gasteiger partial charge in [0, 0.05) is 12.7 Å². The van der Waals surface area contributed by atoms with Gasteiger partial charge >= 0.3 is 7.60 Å². The monoisotopic (exact) mass is 248 g/mol. The molecular weight excluding hydrogens is 231 g/mol. The van der Waals surface area contributed by atoms with Crippen LogP contribution in [0.15, 0.2) is 23.0 Å². The summed E-state index contributed by atoms with van der Waals surface area (Å²) in [6.45, 7) is 4.12. The first-order valence-electron chi connectivity index (χ1n) is 5.11. The van der Waals surface area contributed by atoms with Gasteiger partial charge in [-0.1, -0.05) is 0 Å². The van der Waals surface area contributed by atoms with Gasteiger partial charge in [-0.15, -0.1) is 0 Å². The lowest BCUT2D eigenvalue weighted by molar-refractivity contribution is 0.109. The highest BCUT2D eigenvalue weighted by Gasteiger charge is 2.37. The summed E-state index contributed by atoms with van der Waals surface area (Å²) >= 11 is 0. The summed E-state index contributed by atoms with van der Waals surface area (Å²) in [4.78, 5) is 0. The molecule has 92 valence electrons. The van der Waals surface area contributed by atoms with Crippen LogP contribution in [0, 0.1) is 0 Å². The lowest BCUT2D eigenvalue weighted by Gasteiger charge is -2.24. The SMILES string of the molecule is CCOP(=O)(OCC)C(OC)c1ccoc1. The van der Waals surface area contributed by atoms with Crippen LogP contribution in [0.2, 0.25) is 0 Å².